The number of rotatable bonds is 64. The first kappa shape index (κ1) is 80.6. The van der Waals surface area contributed by atoms with E-state index in [1.54, 1.807) is 6.08 Å². The second-order valence-corrected chi connectivity index (χ2v) is 25.3. The Bertz CT molecular complexity index is 1550. The highest BCUT2D eigenvalue weighted by Gasteiger charge is 2.44. The van der Waals surface area contributed by atoms with Crippen LogP contribution in [0.2, 0.25) is 0 Å². The Morgan fingerprint density at radius 3 is 1.21 bits per heavy atom. The lowest BCUT2D eigenvalue weighted by atomic mass is 9.99. The molecular weight excluding hydrogens is 1060 g/mol. The quantitative estimate of drug-likeness (QED) is 0.0195. The SMILES string of the molecule is CCCCCC/C=C\CCCCCCCC(=O)OCCCCCCCCCCCCC/C=C\C/C=C\CCCCCCCCCCCCCCCCCCCC(=O)NC(COC1OC(CO)C(O)C(O)C1O)C(O)/C=C/CCCCCCCCC. The molecule has 0 aliphatic carbocycles. The summed E-state index contributed by atoms with van der Waals surface area (Å²) in [6, 6.07) is -0.807. The van der Waals surface area contributed by atoms with E-state index in [0.29, 0.717) is 19.4 Å². The van der Waals surface area contributed by atoms with Gasteiger partial charge in [-0.1, -0.05) is 294 Å². The maximum absolute atomic E-state index is 13.0. The molecule has 1 heterocycles. The number of esters is 1. The van der Waals surface area contributed by atoms with E-state index in [2.05, 4.69) is 55.6 Å². The molecule has 1 amide bonds. The molecule has 11 heteroatoms. The lowest BCUT2D eigenvalue weighted by Crippen LogP contribution is -2.60. The fourth-order valence-electron chi connectivity index (χ4n) is 11.4. The fourth-order valence-corrected chi connectivity index (χ4v) is 11.4. The molecule has 0 aromatic rings. The number of aliphatic hydroxyl groups is 5. The van der Waals surface area contributed by atoms with E-state index in [1.807, 2.05) is 6.08 Å². The van der Waals surface area contributed by atoms with Crippen molar-refractivity contribution in [1.29, 1.82) is 0 Å². The monoisotopic (exact) mass is 1200 g/mol. The van der Waals surface area contributed by atoms with Crippen molar-refractivity contribution in [2.24, 2.45) is 0 Å². The maximum Gasteiger partial charge on any atom is 0.305 e. The number of carbonyl (C=O) groups is 2. The van der Waals surface area contributed by atoms with E-state index in [4.69, 9.17) is 14.2 Å². The summed E-state index contributed by atoms with van der Waals surface area (Å²) in [5.74, 6) is -0.180. The third-order valence-corrected chi connectivity index (χ3v) is 17.2. The van der Waals surface area contributed by atoms with E-state index in [0.717, 1.165) is 64.2 Å². The van der Waals surface area contributed by atoms with Crippen LogP contribution in [0.25, 0.3) is 0 Å². The van der Waals surface area contributed by atoms with E-state index >= 15 is 0 Å². The normalized spacial score (nSPS) is 18.2. The molecule has 1 saturated heterocycles. The minimum Gasteiger partial charge on any atom is -0.466 e. The first-order valence-corrected chi connectivity index (χ1v) is 36.4. The summed E-state index contributed by atoms with van der Waals surface area (Å²) in [5, 5.41) is 54.3. The van der Waals surface area contributed by atoms with Crippen molar-refractivity contribution in [2.75, 3.05) is 19.8 Å². The van der Waals surface area contributed by atoms with Crippen molar-refractivity contribution < 1.29 is 49.3 Å². The van der Waals surface area contributed by atoms with Gasteiger partial charge in [-0.2, -0.15) is 0 Å². The lowest BCUT2D eigenvalue weighted by Gasteiger charge is -2.40. The van der Waals surface area contributed by atoms with Crippen LogP contribution in [0.3, 0.4) is 0 Å². The highest BCUT2D eigenvalue weighted by atomic mass is 16.7. The second kappa shape index (κ2) is 63.2. The van der Waals surface area contributed by atoms with Crippen LogP contribution in [0, 0.1) is 0 Å². The molecule has 11 nitrogen and oxygen atoms in total. The Hall–Kier alpha value is -2.38. The van der Waals surface area contributed by atoms with Crippen LogP contribution in [0.1, 0.15) is 348 Å². The number of hydrogen-bond acceptors (Lipinski definition) is 10. The van der Waals surface area contributed by atoms with E-state index in [9.17, 15) is 35.1 Å². The summed E-state index contributed by atoms with van der Waals surface area (Å²) in [6.45, 7) is 4.32. The summed E-state index contributed by atoms with van der Waals surface area (Å²) in [6.07, 6.45) is 72.8. The highest BCUT2D eigenvalue weighted by Crippen LogP contribution is 2.23. The molecule has 85 heavy (non-hydrogen) atoms. The maximum atomic E-state index is 13.0. The van der Waals surface area contributed by atoms with Crippen molar-refractivity contribution in [3.8, 4) is 0 Å². The Balaban J connectivity index is 1.90. The number of unbranched alkanes of at least 4 members (excludes halogenated alkanes) is 44. The average Bonchev–Trinajstić information content (AvgIpc) is 3.50. The van der Waals surface area contributed by atoms with Crippen molar-refractivity contribution >= 4 is 11.9 Å². The van der Waals surface area contributed by atoms with Crippen LogP contribution < -0.4 is 5.32 Å². The standard InChI is InChI=1S/C74H137NO10/c1-3-5-7-9-11-13-14-38-42-46-50-54-58-62-70(79)83-63-59-55-51-47-43-40-37-35-33-31-29-27-25-23-21-19-17-15-16-18-20-22-24-26-28-30-32-34-36-39-41-45-49-53-57-61-69(78)75-66(67(77)60-56-52-48-44-12-10-8-6-4-2)65-84-74-73(82)72(81)71(80)68(64-76)85-74/h13-14,17,19,23,25,56,60,66-68,71-74,76-77,80-82H,3-12,15-16,18,20-22,24,26-55,57-59,61-65H2,1-2H3,(H,75,78)/b14-13-,19-17-,25-23-,60-56+. The van der Waals surface area contributed by atoms with Gasteiger partial charge in [0.05, 0.1) is 32.0 Å². The van der Waals surface area contributed by atoms with E-state index in [-0.39, 0.29) is 18.5 Å². The zero-order chi connectivity index (χ0) is 61.6. The molecule has 1 aliphatic heterocycles. The Morgan fingerprint density at radius 1 is 0.435 bits per heavy atom. The van der Waals surface area contributed by atoms with Crippen molar-refractivity contribution in [3.63, 3.8) is 0 Å². The summed E-state index contributed by atoms with van der Waals surface area (Å²) < 4.78 is 16.7. The molecule has 0 aromatic heterocycles. The minimum atomic E-state index is -1.57. The molecule has 1 fully saturated rings. The van der Waals surface area contributed by atoms with Crippen LogP contribution in [0.4, 0.5) is 0 Å². The number of nitrogens with one attached hydrogen (secondary N) is 1. The minimum absolute atomic E-state index is 0.000775. The first-order valence-electron chi connectivity index (χ1n) is 36.4. The molecule has 1 rings (SSSR count). The van der Waals surface area contributed by atoms with Crippen LogP contribution in [0.5, 0.6) is 0 Å². The molecule has 498 valence electrons. The number of hydrogen-bond donors (Lipinski definition) is 6. The van der Waals surface area contributed by atoms with Crippen molar-refractivity contribution in [2.45, 2.75) is 391 Å². The van der Waals surface area contributed by atoms with Gasteiger partial charge in [-0.25, -0.2) is 0 Å². The molecule has 0 aromatic carbocycles. The van der Waals surface area contributed by atoms with Gasteiger partial charge < -0.3 is 45.1 Å². The number of amides is 1. The van der Waals surface area contributed by atoms with Gasteiger partial charge in [0.2, 0.25) is 5.91 Å². The largest absolute Gasteiger partial charge is 0.466 e. The van der Waals surface area contributed by atoms with Gasteiger partial charge >= 0.3 is 5.97 Å². The smallest absolute Gasteiger partial charge is 0.305 e. The highest BCUT2D eigenvalue weighted by molar-refractivity contribution is 5.76. The van der Waals surface area contributed by atoms with Crippen LogP contribution in [0.15, 0.2) is 48.6 Å². The molecule has 7 atom stereocenters. The van der Waals surface area contributed by atoms with E-state index < -0.39 is 49.5 Å². The lowest BCUT2D eigenvalue weighted by molar-refractivity contribution is -0.302. The summed E-state index contributed by atoms with van der Waals surface area (Å²) in [5.41, 5.74) is 0. The molecule has 0 saturated carbocycles. The summed E-state index contributed by atoms with van der Waals surface area (Å²) in [7, 11) is 0. The zero-order valence-electron chi connectivity index (χ0n) is 55.3. The first-order chi connectivity index (χ1) is 41.7. The van der Waals surface area contributed by atoms with Crippen molar-refractivity contribution in [1.82, 2.24) is 5.32 Å². The van der Waals surface area contributed by atoms with Gasteiger partial charge in [0, 0.05) is 12.8 Å². The molecule has 0 spiro atoms. The third-order valence-electron chi connectivity index (χ3n) is 17.2. The number of carbonyl (C=O) groups excluding carboxylic acids is 2. The van der Waals surface area contributed by atoms with Crippen LogP contribution in [-0.2, 0) is 23.8 Å². The number of allylic oxidation sites excluding steroid dienone is 7. The molecule has 6 N–H and O–H groups in total. The Morgan fingerprint density at radius 2 is 0.788 bits per heavy atom. The average molecular weight is 1200 g/mol. The predicted molar refractivity (Wildman–Crippen MR) is 357 cm³/mol. The Labute approximate surface area is 523 Å². The van der Waals surface area contributed by atoms with Crippen LogP contribution in [-0.4, -0.2) is 100 Å². The molecular formula is C74H137NO10. The molecule has 0 bridgehead atoms. The summed E-state index contributed by atoms with van der Waals surface area (Å²) in [4.78, 5) is 25.1. The topological polar surface area (TPSA) is 175 Å². The van der Waals surface area contributed by atoms with Gasteiger partial charge in [-0.05, 0) is 89.9 Å². The van der Waals surface area contributed by atoms with Crippen molar-refractivity contribution in [3.05, 3.63) is 48.6 Å². The zero-order valence-corrected chi connectivity index (χ0v) is 55.3. The third kappa shape index (κ3) is 52.1. The van der Waals surface area contributed by atoms with Gasteiger partial charge in [-0.15, -0.1) is 0 Å². The molecule has 7 unspecified atom stereocenters. The molecule has 0 radical (unpaired) electrons. The number of ether oxygens (including phenoxy) is 3. The van der Waals surface area contributed by atoms with Gasteiger partial charge in [0.1, 0.15) is 24.4 Å². The fraction of sp³-hybridized carbons (Fsp3) is 0.865. The predicted octanol–water partition coefficient (Wildman–Crippen LogP) is 18.7. The number of aliphatic hydroxyl groups excluding tert-OH is 5. The Kier molecular flexibility index (Phi) is 60.0. The molecule has 1 aliphatic rings. The van der Waals surface area contributed by atoms with Gasteiger partial charge in [0.25, 0.3) is 0 Å². The van der Waals surface area contributed by atoms with Gasteiger partial charge in [-0.3, -0.25) is 9.59 Å². The van der Waals surface area contributed by atoms with E-state index in [1.165, 1.54) is 257 Å². The van der Waals surface area contributed by atoms with Gasteiger partial charge in [0.15, 0.2) is 6.29 Å². The summed E-state index contributed by atoms with van der Waals surface area (Å²) >= 11 is 0. The second-order valence-electron chi connectivity index (χ2n) is 25.3. The van der Waals surface area contributed by atoms with Crippen LogP contribution >= 0.6 is 0 Å².